The fourth-order valence-corrected chi connectivity index (χ4v) is 1.49. The molecule has 0 radical (unpaired) electrons. The van der Waals surface area contributed by atoms with E-state index < -0.39 is 3.79 Å². The van der Waals surface area contributed by atoms with Crippen LogP contribution in [0.1, 0.15) is 0 Å². The Morgan fingerprint density at radius 3 is 2.20 bits per heavy atom. The van der Waals surface area contributed by atoms with Crippen molar-refractivity contribution < 1.29 is 4.79 Å². The van der Waals surface area contributed by atoms with Gasteiger partial charge in [-0.1, -0.05) is 34.8 Å². The van der Waals surface area contributed by atoms with Crippen LogP contribution in [0.3, 0.4) is 0 Å². The van der Waals surface area contributed by atoms with Gasteiger partial charge in [0.25, 0.3) is 0 Å². The van der Waals surface area contributed by atoms with E-state index >= 15 is 0 Å². The lowest BCUT2D eigenvalue weighted by molar-refractivity contribution is -0.127. The van der Waals surface area contributed by atoms with E-state index in [1.54, 1.807) is 4.90 Å². The molecule has 0 aliphatic carbocycles. The number of halogens is 3. The third kappa shape index (κ3) is 5.07. The zero-order chi connectivity index (χ0) is 11.5. The number of allylic oxidation sites excluding steroid dienone is 1. The molecule has 86 valence electrons. The summed E-state index contributed by atoms with van der Waals surface area (Å²) in [5, 5.41) is 0. The van der Waals surface area contributed by atoms with E-state index in [4.69, 9.17) is 34.8 Å². The molecule has 1 aliphatic heterocycles. The van der Waals surface area contributed by atoms with Crippen molar-refractivity contribution in [2.45, 2.75) is 3.79 Å². The van der Waals surface area contributed by atoms with Crippen molar-refractivity contribution in [3.05, 3.63) is 12.2 Å². The molecule has 0 spiro atoms. The number of amides is 1. The molecule has 1 amide bonds. The smallest absolute Gasteiger partial charge is 0.246 e. The highest BCUT2D eigenvalue weighted by molar-refractivity contribution is 6.69. The molecule has 6 heteroatoms. The van der Waals surface area contributed by atoms with Gasteiger partial charge in [-0.3, -0.25) is 4.79 Å². The second kappa shape index (κ2) is 5.39. The van der Waals surface area contributed by atoms with E-state index in [9.17, 15) is 4.79 Å². The SMILES string of the molecule is CN1CCN(C(=O)/C=C/C(Cl)(Cl)Cl)CC1. The van der Waals surface area contributed by atoms with E-state index in [1.165, 1.54) is 12.2 Å². The van der Waals surface area contributed by atoms with Crippen molar-refractivity contribution in [3.63, 3.8) is 0 Å². The number of carbonyl (C=O) groups is 1. The van der Waals surface area contributed by atoms with Gasteiger partial charge in [-0.25, -0.2) is 0 Å². The average Bonchev–Trinajstić information content (AvgIpc) is 2.14. The van der Waals surface area contributed by atoms with Gasteiger partial charge in [0.1, 0.15) is 0 Å². The second-order valence-corrected chi connectivity index (χ2v) is 5.87. The van der Waals surface area contributed by atoms with Gasteiger partial charge in [0.05, 0.1) is 0 Å². The zero-order valence-corrected chi connectivity index (χ0v) is 10.7. The molecule has 0 unspecified atom stereocenters. The van der Waals surface area contributed by atoms with E-state index in [1.807, 2.05) is 7.05 Å². The summed E-state index contributed by atoms with van der Waals surface area (Å²) in [6.07, 6.45) is 2.59. The first-order valence-electron chi connectivity index (χ1n) is 4.62. The normalized spacial score (nSPS) is 19.9. The lowest BCUT2D eigenvalue weighted by atomic mass is 10.3. The van der Waals surface area contributed by atoms with Crippen LogP contribution in [0.25, 0.3) is 0 Å². The maximum Gasteiger partial charge on any atom is 0.246 e. The van der Waals surface area contributed by atoms with E-state index in [0.29, 0.717) is 0 Å². The molecule has 1 aliphatic rings. The van der Waals surface area contributed by atoms with Gasteiger partial charge in [-0.15, -0.1) is 0 Å². The van der Waals surface area contributed by atoms with Crippen LogP contribution in [0, 0.1) is 0 Å². The Kier molecular flexibility index (Phi) is 4.71. The maximum absolute atomic E-state index is 11.6. The standard InChI is InChI=1S/C9H13Cl3N2O/c1-13-4-6-14(7-5-13)8(15)2-3-9(10,11)12/h2-3H,4-7H2,1H3/b3-2+. The Morgan fingerprint density at radius 1 is 1.20 bits per heavy atom. The van der Waals surface area contributed by atoms with Crippen molar-refractivity contribution in [1.29, 1.82) is 0 Å². The zero-order valence-electron chi connectivity index (χ0n) is 8.42. The van der Waals surface area contributed by atoms with Gasteiger partial charge in [0, 0.05) is 32.3 Å². The molecule has 0 N–H and O–H groups in total. The van der Waals surface area contributed by atoms with Crippen molar-refractivity contribution in [1.82, 2.24) is 9.80 Å². The summed E-state index contributed by atoms with van der Waals surface area (Å²) in [7, 11) is 2.03. The molecule has 15 heavy (non-hydrogen) atoms. The highest BCUT2D eigenvalue weighted by Crippen LogP contribution is 2.27. The van der Waals surface area contributed by atoms with Gasteiger partial charge in [0.2, 0.25) is 9.70 Å². The lowest BCUT2D eigenvalue weighted by Crippen LogP contribution is -2.46. The number of carbonyl (C=O) groups excluding carboxylic acids is 1. The molecule has 0 aromatic heterocycles. The fourth-order valence-electron chi connectivity index (χ4n) is 1.30. The van der Waals surface area contributed by atoms with Crippen LogP contribution in [-0.4, -0.2) is 52.7 Å². The number of hydrogen-bond donors (Lipinski definition) is 0. The molecule has 0 bridgehead atoms. The predicted molar refractivity (Wildman–Crippen MR) is 63.5 cm³/mol. The molecule has 0 atom stereocenters. The third-order valence-corrected chi connectivity index (χ3v) is 2.61. The topological polar surface area (TPSA) is 23.6 Å². The fraction of sp³-hybridized carbons (Fsp3) is 0.667. The number of nitrogens with zero attached hydrogens (tertiary/aromatic N) is 2. The summed E-state index contributed by atoms with van der Waals surface area (Å²) >= 11 is 16.5. The van der Waals surface area contributed by atoms with Gasteiger partial charge in [0.15, 0.2) is 0 Å². The van der Waals surface area contributed by atoms with Gasteiger partial charge in [-0.2, -0.15) is 0 Å². The van der Waals surface area contributed by atoms with Crippen LogP contribution in [0.5, 0.6) is 0 Å². The van der Waals surface area contributed by atoms with Crippen molar-refractivity contribution in [3.8, 4) is 0 Å². The summed E-state index contributed by atoms with van der Waals surface area (Å²) in [6, 6.07) is 0. The molecule has 1 heterocycles. The highest BCUT2D eigenvalue weighted by atomic mass is 35.6. The number of likely N-dealkylation sites (N-methyl/N-ethyl adjacent to an activating group) is 1. The van der Waals surface area contributed by atoms with Crippen molar-refractivity contribution in [2.75, 3.05) is 33.2 Å². The molecule has 0 saturated carbocycles. The number of piperazine rings is 1. The summed E-state index contributed by atoms with van der Waals surface area (Å²) < 4.78 is -1.50. The number of rotatable bonds is 1. The van der Waals surface area contributed by atoms with Crippen LogP contribution < -0.4 is 0 Å². The molecule has 3 nitrogen and oxygen atoms in total. The molecule has 1 fully saturated rings. The van der Waals surface area contributed by atoms with Gasteiger partial charge >= 0.3 is 0 Å². The van der Waals surface area contributed by atoms with Gasteiger partial charge in [-0.05, 0) is 13.1 Å². The van der Waals surface area contributed by atoms with Crippen molar-refractivity contribution in [2.24, 2.45) is 0 Å². The van der Waals surface area contributed by atoms with Crippen LogP contribution in [0.2, 0.25) is 0 Å². The van der Waals surface area contributed by atoms with Crippen LogP contribution in [-0.2, 0) is 4.79 Å². The first-order valence-corrected chi connectivity index (χ1v) is 5.75. The Morgan fingerprint density at radius 2 is 1.73 bits per heavy atom. The molecule has 0 aromatic carbocycles. The van der Waals surface area contributed by atoms with Crippen LogP contribution in [0.4, 0.5) is 0 Å². The molecule has 1 saturated heterocycles. The quantitative estimate of drug-likeness (QED) is 0.535. The Bertz CT molecular complexity index is 255. The number of alkyl halides is 3. The van der Waals surface area contributed by atoms with Crippen molar-refractivity contribution >= 4 is 40.7 Å². The summed E-state index contributed by atoms with van der Waals surface area (Å²) in [4.78, 5) is 15.5. The summed E-state index contributed by atoms with van der Waals surface area (Å²) in [5.74, 6) is -0.102. The summed E-state index contributed by atoms with van der Waals surface area (Å²) in [5.41, 5.74) is 0. The first-order chi connectivity index (χ1) is 6.88. The lowest BCUT2D eigenvalue weighted by Gasteiger charge is -2.31. The second-order valence-electron chi connectivity index (χ2n) is 3.50. The molecular weight excluding hydrogens is 258 g/mol. The summed E-state index contributed by atoms with van der Waals surface area (Å²) in [6.45, 7) is 3.21. The average molecular weight is 272 g/mol. The minimum absolute atomic E-state index is 0.102. The monoisotopic (exact) mass is 270 g/mol. The van der Waals surface area contributed by atoms with Gasteiger partial charge < -0.3 is 9.80 Å². The molecule has 1 rings (SSSR count). The highest BCUT2D eigenvalue weighted by Gasteiger charge is 2.19. The minimum atomic E-state index is -1.50. The minimum Gasteiger partial charge on any atom is -0.337 e. The number of hydrogen-bond acceptors (Lipinski definition) is 2. The van der Waals surface area contributed by atoms with E-state index in [-0.39, 0.29) is 5.91 Å². The van der Waals surface area contributed by atoms with E-state index in [0.717, 1.165) is 26.2 Å². The first kappa shape index (κ1) is 13.1. The van der Waals surface area contributed by atoms with Crippen LogP contribution >= 0.6 is 34.8 Å². The Labute approximate surface area is 105 Å². The third-order valence-electron chi connectivity index (χ3n) is 2.23. The largest absolute Gasteiger partial charge is 0.337 e. The molecule has 0 aromatic rings. The van der Waals surface area contributed by atoms with E-state index in [2.05, 4.69) is 4.90 Å². The maximum atomic E-state index is 11.6. The molecular formula is C9H13Cl3N2O. The Hall–Kier alpha value is 0.0400. The van der Waals surface area contributed by atoms with Crippen LogP contribution in [0.15, 0.2) is 12.2 Å². The Balaban J connectivity index is 2.44. The predicted octanol–water partition coefficient (Wildman–Crippen LogP) is 1.69.